The highest BCUT2D eigenvalue weighted by atomic mass is 19.1. The van der Waals surface area contributed by atoms with Crippen molar-refractivity contribution in [2.75, 3.05) is 0 Å². The Labute approximate surface area is 128 Å². The molecule has 0 saturated carbocycles. The number of aromatic nitrogens is 2. The molecular formula is C17H17FN4. The first-order valence-electron chi connectivity index (χ1n) is 7.20. The molecule has 2 heterocycles. The minimum absolute atomic E-state index is 0.224. The molecule has 0 aliphatic heterocycles. The third-order valence-electron chi connectivity index (χ3n) is 3.38. The maximum absolute atomic E-state index is 13.2. The lowest BCUT2D eigenvalue weighted by Crippen LogP contribution is -1.88. The fourth-order valence-corrected chi connectivity index (χ4v) is 2.29. The summed E-state index contributed by atoms with van der Waals surface area (Å²) in [5.41, 5.74) is 3.31. The van der Waals surface area contributed by atoms with Crippen molar-refractivity contribution >= 4 is 17.2 Å². The summed E-state index contributed by atoms with van der Waals surface area (Å²) in [5, 5.41) is 8.48. The van der Waals surface area contributed by atoms with Crippen LogP contribution in [-0.2, 0) is 0 Å². The molecule has 1 aromatic carbocycles. The molecule has 4 nitrogen and oxygen atoms in total. The molecule has 0 bridgehead atoms. The molecule has 2 aromatic heterocycles. The Hall–Kier alpha value is -2.56. The molecule has 0 aliphatic rings. The van der Waals surface area contributed by atoms with Gasteiger partial charge in [-0.25, -0.2) is 9.37 Å². The van der Waals surface area contributed by atoms with Gasteiger partial charge in [0.05, 0.1) is 11.4 Å². The lowest BCUT2D eigenvalue weighted by atomic mass is 10.1. The fraction of sp³-hybridized carbons (Fsp3) is 0.235. The van der Waals surface area contributed by atoms with Gasteiger partial charge in [-0.15, -0.1) is 10.2 Å². The number of azo groups is 1. The van der Waals surface area contributed by atoms with Crippen LogP contribution in [0.3, 0.4) is 0 Å². The monoisotopic (exact) mass is 296 g/mol. The summed E-state index contributed by atoms with van der Waals surface area (Å²) in [6.07, 6.45) is 1.98. The van der Waals surface area contributed by atoms with Crippen LogP contribution in [0.1, 0.15) is 31.0 Å². The lowest BCUT2D eigenvalue weighted by molar-refractivity contribution is 0.628. The number of hydrogen-bond donors (Lipinski definition) is 0. The normalized spacial score (nSPS) is 11.9. The molecule has 3 rings (SSSR count). The van der Waals surface area contributed by atoms with E-state index < -0.39 is 0 Å². The maximum atomic E-state index is 13.2. The fourth-order valence-electron chi connectivity index (χ4n) is 2.29. The number of aryl methyl sites for hydroxylation is 1. The quantitative estimate of drug-likeness (QED) is 0.603. The molecular weight excluding hydrogens is 279 g/mol. The summed E-state index contributed by atoms with van der Waals surface area (Å²) < 4.78 is 15.2. The molecule has 0 spiro atoms. The zero-order chi connectivity index (χ0) is 15.7. The van der Waals surface area contributed by atoms with Gasteiger partial charge in [0.2, 0.25) is 0 Å². The second-order valence-corrected chi connectivity index (χ2v) is 5.59. The highest BCUT2D eigenvalue weighted by molar-refractivity contribution is 5.54. The number of nitrogens with zero attached hydrogens (tertiary/aromatic N) is 4. The van der Waals surface area contributed by atoms with Crippen molar-refractivity contribution < 1.29 is 4.39 Å². The van der Waals surface area contributed by atoms with Crippen LogP contribution >= 0.6 is 0 Å². The van der Waals surface area contributed by atoms with Crippen molar-refractivity contribution in [3.8, 4) is 0 Å². The SMILES string of the molecule is Cc1ccc2nc(C(C)C)c(N=Nc3cccc(F)c3)n2c1. The van der Waals surface area contributed by atoms with Gasteiger partial charge in [-0.1, -0.05) is 26.0 Å². The summed E-state index contributed by atoms with van der Waals surface area (Å²) >= 11 is 0. The summed E-state index contributed by atoms with van der Waals surface area (Å²) in [6, 6.07) is 10.0. The van der Waals surface area contributed by atoms with Gasteiger partial charge >= 0.3 is 0 Å². The van der Waals surface area contributed by atoms with E-state index in [1.807, 2.05) is 29.7 Å². The third-order valence-corrected chi connectivity index (χ3v) is 3.38. The molecule has 3 aromatic rings. The van der Waals surface area contributed by atoms with E-state index in [-0.39, 0.29) is 11.7 Å². The number of pyridine rings is 1. The minimum Gasteiger partial charge on any atom is -0.283 e. The molecule has 0 aliphatic carbocycles. The molecule has 0 unspecified atom stereocenters. The number of imidazole rings is 1. The summed E-state index contributed by atoms with van der Waals surface area (Å²) in [7, 11) is 0. The average Bonchev–Trinajstić information content (AvgIpc) is 2.83. The first-order valence-corrected chi connectivity index (χ1v) is 7.20. The number of halogens is 1. The molecule has 5 heteroatoms. The van der Waals surface area contributed by atoms with E-state index in [4.69, 9.17) is 0 Å². The molecule has 22 heavy (non-hydrogen) atoms. The minimum atomic E-state index is -0.325. The highest BCUT2D eigenvalue weighted by Gasteiger charge is 2.15. The van der Waals surface area contributed by atoms with Crippen LogP contribution in [0.4, 0.5) is 15.9 Å². The van der Waals surface area contributed by atoms with Gasteiger partial charge in [0.15, 0.2) is 5.82 Å². The number of hydrogen-bond acceptors (Lipinski definition) is 3. The number of fused-ring (bicyclic) bond motifs is 1. The first kappa shape index (κ1) is 14.4. The molecule has 0 radical (unpaired) electrons. The highest BCUT2D eigenvalue weighted by Crippen LogP contribution is 2.29. The van der Waals surface area contributed by atoms with Gasteiger partial charge < -0.3 is 0 Å². The van der Waals surface area contributed by atoms with Crippen molar-refractivity contribution in [1.29, 1.82) is 0 Å². The van der Waals surface area contributed by atoms with E-state index in [0.717, 1.165) is 16.9 Å². The predicted octanol–water partition coefficient (Wildman–Crippen LogP) is 5.32. The van der Waals surface area contributed by atoms with Crippen LogP contribution in [0.2, 0.25) is 0 Å². The average molecular weight is 296 g/mol. The molecule has 112 valence electrons. The Bertz CT molecular complexity index is 849. The topological polar surface area (TPSA) is 42.0 Å². The van der Waals surface area contributed by atoms with Crippen molar-refractivity contribution in [1.82, 2.24) is 9.38 Å². The number of benzene rings is 1. The molecule has 0 fully saturated rings. The largest absolute Gasteiger partial charge is 0.283 e. The Morgan fingerprint density at radius 3 is 2.68 bits per heavy atom. The van der Waals surface area contributed by atoms with E-state index in [2.05, 4.69) is 29.1 Å². The van der Waals surface area contributed by atoms with Crippen LogP contribution in [0.5, 0.6) is 0 Å². The summed E-state index contributed by atoms with van der Waals surface area (Å²) in [4.78, 5) is 4.62. The summed E-state index contributed by atoms with van der Waals surface area (Å²) in [5.74, 6) is 0.592. The van der Waals surface area contributed by atoms with Gasteiger partial charge in [-0.05, 0) is 36.6 Å². The number of rotatable bonds is 3. The molecule has 0 saturated heterocycles. The third kappa shape index (κ3) is 2.74. The Morgan fingerprint density at radius 1 is 1.14 bits per heavy atom. The van der Waals surface area contributed by atoms with Crippen molar-refractivity contribution in [3.05, 3.63) is 59.7 Å². The standard InChI is InChI=1S/C17H17FN4/c1-11(2)16-17(21-20-14-6-4-5-13(18)9-14)22-10-12(3)7-8-15(22)19-16/h4-11H,1-3H3. The molecule has 0 amide bonds. The van der Waals surface area contributed by atoms with E-state index >= 15 is 0 Å². The Kier molecular flexibility index (Phi) is 3.71. The molecule has 0 N–H and O–H groups in total. The molecule has 0 atom stereocenters. The lowest BCUT2D eigenvalue weighted by Gasteiger charge is -2.02. The van der Waals surface area contributed by atoms with Gasteiger partial charge in [-0.3, -0.25) is 4.40 Å². The van der Waals surface area contributed by atoms with Crippen LogP contribution < -0.4 is 0 Å². The van der Waals surface area contributed by atoms with E-state index in [1.165, 1.54) is 12.1 Å². The van der Waals surface area contributed by atoms with Crippen LogP contribution in [0.15, 0.2) is 52.8 Å². The van der Waals surface area contributed by atoms with Crippen molar-refractivity contribution in [2.24, 2.45) is 10.2 Å². The van der Waals surface area contributed by atoms with E-state index in [0.29, 0.717) is 11.5 Å². The second-order valence-electron chi connectivity index (χ2n) is 5.59. The zero-order valence-corrected chi connectivity index (χ0v) is 12.8. The predicted molar refractivity (Wildman–Crippen MR) is 84.6 cm³/mol. The van der Waals surface area contributed by atoms with E-state index in [9.17, 15) is 4.39 Å². The smallest absolute Gasteiger partial charge is 0.183 e. The Balaban J connectivity index is 2.12. The van der Waals surface area contributed by atoms with E-state index in [1.54, 1.807) is 12.1 Å². The van der Waals surface area contributed by atoms with Crippen molar-refractivity contribution in [2.45, 2.75) is 26.7 Å². The zero-order valence-electron chi connectivity index (χ0n) is 12.8. The van der Waals surface area contributed by atoms with Crippen molar-refractivity contribution in [3.63, 3.8) is 0 Å². The van der Waals surface area contributed by atoms with Crippen LogP contribution in [-0.4, -0.2) is 9.38 Å². The maximum Gasteiger partial charge on any atom is 0.183 e. The second kappa shape index (κ2) is 5.67. The van der Waals surface area contributed by atoms with Gasteiger partial charge in [0, 0.05) is 12.3 Å². The van der Waals surface area contributed by atoms with Gasteiger partial charge in [0.25, 0.3) is 0 Å². The van der Waals surface area contributed by atoms with Crippen LogP contribution in [0, 0.1) is 12.7 Å². The van der Waals surface area contributed by atoms with Gasteiger partial charge in [0.1, 0.15) is 11.5 Å². The summed E-state index contributed by atoms with van der Waals surface area (Å²) in [6.45, 7) is 6.15. The van der Waals surface area contributed by atoms with Crippen LogP contribution in [0.25, 0.3) is 5.65 Å². The van der Waals surface area contributed by atoms with Gasteiger partial charge in [-0.2, -0.15) is 0 Å². The Morgan fingerprint density at radius 2 is 1.95 bits per heavy atom. The first-order chi connectivity index (χ1) is 10.5.